The van der Waals surface area contributed by atoms with E-state index in [1.807, 2.05) is 4.72 Å². The molecule has 0 atom stereocenters. The van der Waals surface area contributed by atoms with Crippen molar-refractivity contribution >= 4 is 21.8 Å². The monoisotopic (exact) mass is 285 g/mol. The van der Waals surface area contributed by atoms with Crippen LogP contribution in [0, 0.1) is 0 Å². The smallest absolute Gasteiger partial charge is 0.326 e. The summed E-state index contributed by atoms with van der Waals surface area (Å²) in [6, 6.07) is 4.69. The highest BCUT2D eigenvalue weighted by Crippen LogP contribution is 2.31. The molecule has 8 heteroatoms. The number of hydrogen-bond donors (Lipinski definition) is 3. The number of carbonyl (C=O) groups is 1. The van der Waals surface area contributed by atoms with E-state index in [0.29, 0.717) is 13.0 Å². The van der Waals surface area contributed by atoms with E-state index in [9.17, 15) is 18.3 Å². The molecule has 2 rings (SSSR count). The first-order valence-corrected chi connectivity index (χ1v) is 7.23. The number of nitrogens with one attached hydrogen (secondary N) is 1. The maximum absolute atomic E-state index is 11.6. The summed E-state index contributed by atoms with van der Waals surface area (Å²) in [6.45, 7) is 0.222. The standard InChI is InChI=1S/C11H15N3O4S/c12-5-1-2-8-3-4-9(10(15)6-8)14-7-11(16)13-19(14,17)18/h3-4,6,15H,1-2,5,7,12H2,(H,13,16). The molecule has 0 radical (unpaired) electrons. The Morgan fingerprint density at radius 3 is 2.68 bits per heavy atom. The lowest BCUT2D eigenvalue weighted by atomic mass is 10.1. The number of phenolic OH excluding ortho intramolecular Hbond substituents is 1. The van der Waals surface area contributed by atoms with Crippen molar-refractivity contribution in [3.05, 3.63) is 23.8 Å². The average Bonchev–Trinajstić information content (AvgIpc) is 2.60. The Morgan fingerprint density at radius 1 is 1.42 bits per heavy atom. The van der Waals surface area contributed by atoms with Crippen molar-refractivity contribution in [3.8, 4) is 5.75 Å². The second-order valence-electron chi connectivity index (χ2n) is 4.25. The van der Waals surface area contributed by atoms with E-state index in [1.165, 1.54) is 12.1 Å². The number of nitrogens with zero attached hydrogens (tertiary/aromatic N) is 1. The second-order valence-corrected chi connectivity index (χ2v) is 5.85. The Balaban J connectivity index is 2.29. The Bertz CT molecular complexity index is 600. The predicted octanol–water partition coefficient (Wildman–Crippen LogP) is -0.535. The van der Waals surface area contributed by atoms with Gasteiger partial charge in [-0.2, -0.15) is 8.42 Å². The third-order valence-electron chi connectivity index (χ3n) is 2.80. The molecule has 0 spiro atoms. The van der Waals surface area contributed by atoms with Crippen LogP contribution in [0.5, 0.6) is 5.75 Å². The lowest BCUT2D eigenvalue weighted by molar-refractivity contribution is -0.117. The first-order chi connectivity index (χ1) is 8.94. The Labute approximate surface area is 111 Å². The minimum Gasteiger partial charge on any atom is -0.506 e. The van der Waals surface area contributed by atoms with Gasteiger partial charge in [0.15, 0.2) is 0 Å². The van der Waals surface area contributed by atoms with E-state index in [4.69, 9.17) is 5.73 Å². The van der Waals surface area contributed by atoms with Crippen LogP contribution < -0.4 is 14.8 Å². The van der Waals surface area contributed by atoms with Gasteiger partial charge in [-0.25, -0.2) is 9.03 Å². The lowest BCUT2D eigenvalue weighted by Crippen LogP contribution is -2.29. The average molecular weight is 285 g/mol. The molecule has 0 aromatic heterocycles. The quantitative estimate of drug-likeness (QED) is 0.688. The molecule has 1 heterocycles. The first kappa shape index (κ1) is 13.6. The van der Waals surface area contributed by atoms with Crippen molar-refractivity contribution in [1.82, 2.24) is 4.72 Å². The number of aryl methyl sites for hydroxylation is 1. The van der Waals surface area contributed by atoms with Crippen molar-refractivity contribution < 1.29 is 18.3 Å². The molecule has 1 aliphatic rings. The fourth-order valence-corrected chi connectivity index (χ4v) is 3.07. The Morgan fingerprint density at radius 2 is 2.16 bits per heavy atom. The van der Waals surface area contributed by atoms with Crippen LogP contribution in [-0.2, 0) is 21.4 Å². The van der Waals surface area contributed by atoms with Crippen molar-refractivity contribution in [2.45, 2.75) is 12.8 Å². The highest BCUT2D eigenvalue weighted by Gasteiger charge is 2.35. The zero-order valence-electron chi connectivity index (χ0n) is 10.2. The number of rotatable bonds is 4. The molecule has 7 nitrogen and oxygen atoms in total. The highest BCUT2D eigenvalue weighted by molar-refractivity contribution is 7.92. The van der Waals surface area contributed by atoms with Crippen LogP contribution in [-0.4, -0.2) is 32.5 Å². The zero-order chi connectivity index (χ0) is 14.0. The van der Waals surface area contributed by atoms with Gasteiger partial charge in [0.2, 0.25) is 0 Å². The molecule has 1 amide bonds. The second kappa shape index (κ2) is 5.06. The van der Waals surface area contributed by atoms with Crippen LogP contribution in [0.1, 0.15) is 12.0 Å². The maximum Gasteiger partial charge on any atom is 0.326 e. The molecule has 0 saturated carbocycles. The Hall–Kier alpha value is -1.80. The summed E-state index contributed by atoms with van der Waals surface area (Å²) in [4.78, 5) is 11.1. The van der Waals surface area contributed by atoms with E-state index in [2.05, 4.69) is 0 Å². The highest BCUT2D eigenvalue weighted by atomic mass is 32.2. The molecular weight excluding hydrogens is 270 g/mol. The molecule has 0 aliphatic carbocycles. The zero-order valence-corrected chi connectivity index (χ0v) is 11.0. The van der Waals surface area contributed by atoms with Gasteiger partial charge >= 0.3 is 10.2 Å². The minimum absolute atomic E-state index is 0.0925. The largest absolute Gasteiger partial charge is 0.506 e. The van der Waals surface area contributed by atoms with Gasteiger partial charge in [-0.1, -0.05) is 6.07 Å². The molecule has 1 saturated heterocycles. The van der Waals surface area contributed by atoms with Gasteiger partial charge in [-0.3, -0.25) is 4.79 Å². The summed E-state index contributed by atoms with van der Waals surface area (Å²) in [5.74, 6) is -0.791. The molecule has 1 fully saturated rings. The SMILES string of the molecule is NCCCc1ccc(N2CC(=O)NS2(=O)=O)c(O)c1. The molecule has 1 aromatic rings. The normalized spacial score (nSPS) is 17.5. The molecule has 104 valence electrons. The summed E-state index contributed by atoms with van der Waals surface area (Å²) in [7, 11) is -3.89. The number of carbonyl (C=O) groups excluding carboxylic acids is 1. The van der Waals surface area contributed by atoms with Crippen molar-refractivity contribution in [3.63, 3.8) is 0 Å². The number of anilines is 1. The van der Waals surface area contributed by atoms with Gasteiger partial charge in [-0.05, 0) is 37.1 Å². The topological polar surface area (TPSA) is 113 Å². The summed E-state index contributed by atoms with van der Waals surface area (Å²) in [5.41, 5.74) is 6.35. The van der Waals surface area contributed by atoms with Crippen LogP contribution in [0.15, 0.2) is 18.2 Å². The predicted molar refractivity (Wildman–Crippen MR) is 69.9 cm³/mol. The van der Waals surface area contributed by atoms with Crippen molar-refractivity contribution in [2.24, 2.45) is 5.73 Å². The van der Waals surface area contributed by atoms with Crippen LogP contribution in [0.4, 0.5) is 5.69 Å². The van der Waals surface area contributed by atoms with Gasteiger partial charge in [0, 0.05) is 0 Å². The molecule has 1 aromatic carbocycles. The Kier molecular flexibility index (Phi) is 3.63. The molecule has 19 heavy (non-hydrogen) atoms. The van der Waals surface area contributed by atoms with Crippen molar-refractivity contribution in [1.29, 1.82) is 0 Å². The molecule has 0 bridgehead atoms. The van der Waals surface area contributed by atoms with Gasteiger partial charge in [0.25, 0.3) is 5.91 Å². The number of phenols is 1. The summed E-state index contributed by atoms with van der Waals surface area (Å²) < 4.78 is 26.0. The number of amides is 1. The van der Waals surface area contributed by atoms with Crippen LogP contribution in [0.25, 0.3) is 0 Å². The van der Waals surface area contributed by atoms with E-state index in [-0.39, 0.29) is 18.0 Å². The third-order valence-corrected chi connectivity index (χ3v) is 4.19. The van der Waals surface area contributed by atoms with E-state index in [0.717, 1.165) is 16.3 Å². The number of benzene rings is 1. The molecular formula is C11H15N3O4S. The van der Waals surface area contributed by atoms with E-state index in [1.54, 1.807) is 6.07 Å². The number of aromatic hydroxyl groups is 1. The molecule has 0 unspecified atom stereocenters. The number of nitrogens with two attached hydrogens (primary N) is 1. The third kappa shape index (κ3) is 2.79. The molecule has 4 N–H and O–H groups in total. The van der Waals surface area contributed by atoms with Gasteiger partial charge in [0.05, 0.1) is 5.69 Å². The summed E-state index contributed by atoms with van der Waals surface area (Å²) in [5, 5.41) is 9.89. The van der Waals surface area contributed by atoms with Crippen molar-refractivity contribution in [2.75, 3.05) is 17.4 Å². The van der Waals surface area contributed by atoms with E-state index < -0.39 is 16.1 Å². The van der Waals surface area contributed by atoms with Crippen LogP contribution >= 0.6 is 0 Å². The summed E-state index contributed by atoms with van der Waals surface area (Å²) in [6.07, 6.45) is 1.48. The van der Waals surface area contributed by atoms with E-state index >= 15 is 0 Å². The van der Waals surface area contributed by atoms with Gasteiger partial charge < -0.3 is 10.8 Å². The van der Waals surface area contributed by atoms with Crippen LogP contribution in [0.3, 0.4) is 0 Å². The van der Waals surface area contributed by atoms with Crippen LogP contribution in [0.2, 0.25) is 0 Å². The number of hydrogen-bond acceptors (Lipinski definition) is 5. The maximum atomic E-state index is 11.6. The lowest BCUT2D eigenvalue weighted by Gasteiger charge is -2.16. The first-order valence-electron chi connectivity index (χ1n) is 5.79. The van der Waals surface area contributed by atoms with Gasteiger partial charge in [0.1, 0.15) is 12.3 Å². The fourth-order valence-electron chi connectivity index (χ4n) is 1.90. The minimum atomic E-state index is -3.89. The van der Waals surface area contributed by atoms with Gasteiger partial charge in [-0.15, -0.1) is 0 Å². The molecule has 1 aliphatic heterocycles. The summed E-state index contributed by atoms with van der Waals surface area (Å²) >= 11 is 0. The fraction of sp³-hybridized carbons (Fsp3) is 0.364.